The van der Waals surface area contributed by atoms with Gasteiger partial charge >= 0.3 is 0 Å². The highest BCUT2D eigenvalue weighted by Gasteiger charge is 2.26. The van der Waals surface area contributed by atoms with Gasteiger partial charge in [0.25, 0.3) is 0 Å². The van der Waals surface area contributed by atoms with Crippen LogP contribution in [0.4, 0.5) is 0 Å². The molecule has 0 saturated heterocycles. The first kappa shape index (κ1) is 10.4. The summed E-state index contributed by atoms with van der Waals surface area (Å²) < 4.78 is 0. The second kappa shape index (κ2) is 4.58. The maximum Gasteiger partial charge on any atom is 0.166 e. The van der Waals surface area contributed by atoms with Gasteiger partial charge in [-0.05, 0) is 19.3 Å². The molecule has 15 heavy (non-hydrogen) atoms. The third-order valence-electron chi connectivity index (χ3n) is 3.08. The van der Waals surface area contributed by atoms with Crippen molar-refractivity contribution in [2.75, 3.05) is 0 Å². The molecule has 0 aliphatic heterocycles. The molecule has 0 bridgehead atoms. The monoisotopic (exact) mass is 204 g/mol. The Bertz CT molecular complexity index is 332. The standard InChI is InChI=1S/C13H16O2/c14-12-8-4-7-11(9-12)13(15)10-5-2-1-3-6-10/h1-3,5-6,11-12,14H,4,7-9H2. The minimum absolute atomic E-state index is 0.0242. The molecule has 1 aromatic rings. The number of hydrogen-bond donors (Lipinski definition) is 1. The van der Waals surface area contributed by atoms with Crippen molar-refractivity contribution in [1.82, 2.24) is 0 Å². The summed E-state index contributed by atoms with van der Waals surface area (Å²) in [5.74, 6) is 0.213. The van der Waals surface area contributed by atoms with E-state index in [0.717, 1.165) is 24.8 Å². The lowest BCUT2D eigenvalue weighted by atomic mass is 9.82. The van der Waals surface area contributed by atoms with Gasteiger partial charge in [-0.25, -0.2) is 0 Å². The molecular weight excluding hydrogens is 188 g/mol. The van der Waals surface area contributed by atoms with Crippen LogP contribution in [0, 0.1) is 5.92 Å². The average Bonchev–Trinajstić information content (AvgIpc) is 2.29. The summed E-state index contributed by atoms with van der Waals surface area (Å²) in [6.07, 6.45) is 3.08. The molecule has 2 unspecified atom stereocenters. The number of benzene rings is 1. The van der Waals surface area contributed by atoms with E-state index in [1.165, 1.54) is 0 Å². The highest BCUT2D eigenvalue weighted by molar-refractivity contribution is 5.97. The van der Waals surface area contributed by atoms with Gasteiger partial charge in [0.15, 0.2) is 5.78 Å². The van der Waals surface area contributed by atoms with Crippen molar-refractivity contribution >= 4 is 5.78 Å². The highest BCUT2D eigenvalue weighted by Crippen LogP contribution is 2.27. The molecule has 0 amide bonds. The van der Waals surface area contributed by atoms with Crippen LogP contribution >= 0.6 is 0 Å². The molecule has 80 valence electrons. The Hall–Kier alpha value is -1.15. The lowest BCUT2D eigenvalue weighted by molar-refractivity contribution is 0.0709. The number of ketones is 1. The van der Waals surface area contributed by atoms with Crippen molar-refractivity contribution in [3.63, 3.8) is 0 Å². The van der Waals surface area contributed by atoms with E-state index in [2.05, 4.69) is 0 Å². The van der Waals surface area contributed by atoms with Gasteiger partial charge in [0.1, 0.15) is 0 Å². The van der Waals surface area contributed by atoms with Gasteiger partial charge in [-0.2, -0.15) is 0 Å². The zero-order valence-corrected chi connectivity index (χ0v) is 8.73. The Labute approximate surface area is 89.9 Å². The van der Waals surface area contributed by atoms with E-state index in [1.54, 1.807) is 0 Å². The SMILES string of the molecule is O=C(c1ccccc1)C1CCCC(O)C1. The van der Waals surface area contributed by atoms with E-state index >= 15 is 0 Å². The average molecular weight is 204 g/mol. The lowest BCUT2D eigenvalue weighted by Crippen LogP contribution is -2.25. The Morgan fingerprint density at radius 1 is 1.20 bits per heavy atom. The summed E-state index contributed by atoms with van der Waals surface area (Å²) in [6.45, 7) is 0. The largest absolute Gasteiger partial charge is 0.393 e. The van der Waals surface area contributed by atoms with Crippen LogP contribution in [-0.2, 0) is 0 Å². The van der Waals surface area contributed by atoms with Crippen molar-refractivity contribution in [2.45, 2.75) is 31.8 Å². The normalized spacial score (nSPS) is 26.2. The minimum atomic E-state index is -0.281. The molecule has 0 spiro atoms. The van der Waals surface area contributed by atoms with Gasteiger partial charge in [0.05, 0.1) is 6.10 Å². The molecule has 0 radical (unpaired) electrons. The van der Waals surface area contributed by atoms with Gasteiger partial charge in [-0.1, -0.05) is 36.8 Å². The molecule has 1 N–H and O–H groups in total. The Morgan fingerprint density at radius 2 is 1.93 bits per heavy atom. The van der Waals surface area contributed by atoms with Gasteiger partial charge in [0.2, 0.25) is 0 Å². The molecule has 1 aliphatic rings. The molecule has 1 saturated carbocycles. The fourth-order valence-electron chi connectivity index (χ4n) is 2.24. The van der Waals surface area contributed by atoms with Crippen LogP contribution < -0.4 is 0 Å². The third-order valence-corrected chi connectivity index (χ3v) is 3.08. The van der Waals surface area contributed by atoms with Crippen molar-refractivity contribution in [3.8, 4) is 0 Å². The summed E-state index contributed by atoms with van der Waals surface area (Å²) in [6, 6.07) is 9.37. The summed E-state index contributed by atoms with van der Waals surface area (Å²) >= 11 is 0. The second-order valence-corrected chi connectivity index (χ2v) is 4.25. The minimum Gasteiger partial charge on any atom is -0.393 e. The van der Waals surface area contributed by atoms with Crippen molar-refractivity contribution in [3.05, 3.63) is 35.9 Å². The van der Waals surface area contributed by atoms with Gasteiger partial charge in [-0.3, -0.25) is 4.79 Å². The molecule has 0 aromatic heterocycles. The number of aliphatic hydroxyl groups is 1. The van der Waals surface area contributed by atoms with Crippen LogP contribution in [-0.4, -0.2) is 17.0 Å². The van der Waals surface area contributed by atoms with Crippen molar-refractivity contribution in [1.29, 1.82) is 0 Å². The topological polar surface area (TPSA) is 37.3 Å². The lowest BCUT2D eigenvalue weighted by Gasteiger charge is -2.24. The fraction of sp³-hybridized carbons (Fsp3) is 0.462. The van der Waals surface area contributed by atoms with Crippen LogP contribution in [0.15, 0.2) is 30.3 Å². The maximum absolute atomic E-state index is 12.0. The summed E-state index contributed by atoms with van der Waals surface area (Å²) in [7, 11) is 0. The van der Waals surface area contributed by atoms with Crippen LogP contribution in [0.2, 0.25) is 0 Å². The molecule has 2 atom stereocenters. The molecule has 1 fully saturated rings. The van der Waals surface area contributed by atoms with Crippen LogP contribution in [0.25, 0.3) is 0 Å². The quantitative estimate of drug-likeness (QED) is 0.751. The number of aliphatic hydroxyl groups excluding tert-OH is 1. The van der Waals surface area contributed by atoms with E-state index in [1.807, 2.05) is 30.3 Å². The number of rotatable bonds is 2. The van der Waals surface area contributed by atoms with Crippen molar-refractivity contribution in [2.24, 2.45) is 5.92 Å². The van der Waals surface area contributed by atoms with E-state index in [9.17, 15) is 9.90 Å². The molecule has 1 aliphatic carbocycles. The summed E-state index contributed by atoms with van der Waals surface area (Å²) in [5, 5.41) is 9.52. The molecule has 2 rings (SSSR count). The van der Waals surface area contributed by atoms with E-state index in [-0.39, 0.29) is 17.8 Å². The maximum atomic E-state index is 12.0. The molecule has 0 heterocycles. The number of hydrogen-bond acceptors (Lipinski definition) is 2. The molecular formula is C13H16O2. The number of carbonyl (C=O) groups is 1. The van der Waals surface area contributed by atoms with Crippen LogP contribution in [0.1, 0.15) is 36.0 Å². The van der Waals surface area contributed by atoms with Crippen LogP contribution in [0.3, 0.4) is 0 Å². The first-order chi connectivity index (χ1) is 7.27. The fourth-order valence-corrected chi connectivity index (χ4v) is 2.24. The molecule has 2 heteroatoms. The zero-order valence-electron chi connectivity index (χ0n) is 8.73. The number of Topliss-reactive ketones (excluding diaryl/α,β-unsaturated/α-hetero) is 1. The highest BCUT2D eigenvalue weighted by atomic mass is 16.3. The summed E-state index contributed by atoms with van der Waals surface area (Å²) in [5.41, 5.74) is 0.775. The second-order valence-electron chi connectivity index (χ2n) is 4.25. The molecule has 1 aromatic carbocycles. The van der Waals surface area contributed by atoms with Crippen molar-refractivity contribution < 1.29 is 9.90 Å². The predicted molar refractivity (Wildman–Crippen MR) is 58.7 cm³/mol. The summed E-state index contributed by atoms with van der Waals surface area (Å²) in [4.78, 5) is 12.0. The van der Waals surface area contributed by atoms with Crippen LogP contribution in [0.5, 0.6) is 0 Å². The van der Waals surface area contributed by atoms with Gasteiger partial charge in [-0.15, -0.1) is 0 Å². The Kier molecular flexibility index (Phi) is 3.17. The smallest absolute Gasteiger partial charge is 0.166 e. The van der Waals surface area contributed by atoms with E-state index in [0.29, 0.717) is 6.42 Å². The zero-order chi connectivity index (χ0) is 10.7. The third kappa shape index (κ3) is 2.45. The van der Waals surface area contributed by atoms with Gasteiger partial charge < -0.3 is 5.11 Å². The Morgan fingerprint density at radius 3 is 2.60 bits per heavy atom. The predicted octanol–water partition coefficient (Wildman–Crippen LogP) is 2.42. The molecule has 2 nitrogen and oxygen atoms in total. The van der Waals surface area contributed by atoms with Gasteiger partial charge in [0, 0.05) is 11.5 Å². The Balaban J connectivity index is 2.08. The van der Waals surface area contributed by atoms with E-state index < -0.39 is 0 Å². The van der Waals surface area contributed by atoms with E-state index in [4.69, 9.17) is 0 Å². The first-order valence-electron chi connectivity index (χ1n) is 5.54. The number of carbonyl (C=O) groups excluding carboxylic acids is 1. The first-order valence-corrected chi connectivity index (χ1v) is 5.54.